The molecule has 134 valence electrons. The molecule has 4 aromatic heterocycles. The number of nitrogens with one attached hydrogen (secondary N) is 1. The Morgan fingerprint density at radius 3 is 2.93 bits per heavy atom. The van der Waals surface area contributed by atoms with Gasteiger partial charge in [0, 0.05) is 37.3 Å². The number of piperidine rings is 1. The second kappa shape index (κ2) is 6.49. The van der Waals surface area contributed by atoms with E-state index in [2.05, 4.69) is 41.5 Å². The summed E-state index contributed by atoms with van der Waals surface area (Å²) in [5, 5.41) is 10.1. The molecule has 0 aliphatic carbocycles. The Kier molecular flexibility index (Phi) is 3.84. The number of H-pyrrole nitrogens is 1. The number of aromatic nitrogens is 5. The molecule has 5 rings (SSSR count). The molecule has 0 saturated carbocycles. The van der Waals surface area contributed by atoms with Gasteiger partial charge < -0.3 is 9.55 Å². The summed E-state index contributed by atoms with van der Waals surface area (Å²) in [5.74, 6) is 0. The molecule has 0 bridgehead atoms. The van der Waals surface area contributed by atoms with E-state index in [-0.39, 0.29) is 0 Å². The van der Waals surface area contributed by atoms with Gasteiger partial charge in [-0.2, -0.15) is 5.26 Å². The highest BCUT2D eigenvalue weighted by molar-refractivity contribution is 6.00. The lowest BCUT2D eigenvalue weighted by molar-refractivity contribution is 0.179. The van der Waals surface area contributed by atoms with Crippen LogP contribution in [0.2, 0.25) is 0 Å². The SMILES string of the molecule is N#Cc1cccc(CN2CCC(n3cnc4cnc5[nH]ccc5c43)CC2)n1. The van der Waals surface area contributed by atoms with E-state index < -0.39 is 0 Å². The topological polar surface area (TPSA) is 86.4 Å². The number of nitrogens with zero attached hydrogens (tertiary/aromatic N) is 6. The highest BCUT2D eigenvalue weighted by Crippen LogP contribution is 2.30. The van der Waals surface area contributed by atoms with Crippen LogP contribution < -0.4 is 0 Å². The second-order valence-corrected chi connectivity index (χ2v) is 7.02. The zero-order chi connectivity index (χ0) is 18.2. The van der Waals surface area contributed by atoms with Gasteiger partial charge in [0.1, 0.15) is 22.9 Å². The zero-order valence-electron chi connectivity index (χ0n) is 14.8. The number of rotatable bonds is 3. The van der Waals surface area contributed by atoms with Crippen molar-refractivity contribution in [2.24, 2.45) is 0 Å². The molecule has 0 radical (unpaired) electrons. The van der Waals surface area contributed by atoms with E-state index in [0.29, 0.717) is 11.7 Å². The van der Waals surface area contributed by atoms with Gasteiger partial charge in [-0.3, -0.25) is 4.90 Å². The quantitative estimate of drug-likeness (QED) is 0.609. The van der Waals surface area contributed by atoms with Gasteiger partial charge in [0.15, 0.2) is 0 Å². The molecule has 0 aromatic carbocycles. The fraction of sp³-hybridized carbons (Fsp3) is 0.300. The Morgan fingerprint density at radius 2 is 2.07 bits per heavy atom. The molecule has 0 atom stereocenters. The van der Waals surface area contributed by atoms with Crippen molar-refractivity contribution < 1.29 is 0 Å². The molecular formula is C20H19N7. The van der Waals surface area contributed by atoms with Crippen LogP contribution in [0.3, 0.4) is 0 Å². The smallest absolute Gasteiger partial charge is 0.140 e. The maximum Gasteiger partial charge on any atom is 0.140 e. The third-order valence-electron chi connectivity index (χ3n) is 5.38. The number of hydrogen-bond donors (Lipinski definition) is 1. The largest absolute Gasteiger partial charge is 0.346 e. The molecule has 7 nitrogen and oxygen atoms in total. The summed E-state index contributed by atoms with van der Waals surface area (Å²) < 4.78 is 2.32. The van der Waals surface area contributed by atoms with Gasteiger partial charge in [-0.15, -0.1) is 0 Å². The van der Waals surface area contributed by atoms with Gasteiger partial charge in [-0.1, -0.05) is 6.07 Å². The van der Waals surface area contributed by atoms with Gasteiger partial charge >= 0.3 is 0 Å². The Morgan fingerprint density at radius 1 is 1.19 bits per heavy atom. The highest BCUT2D eigenvalue weighted by Gasteiger charge is 2.23. The van der Waals surface area contributed by atoms with E-state index in [1.54, 1.807) is 6.07 Å². The molecule has 27 heavy (non-hydrogen) atoms. The van der Waals surface area contributed by atoms with Crippen LogP contribution in [0.15, 0.2) is 43.0 Å². The minimum absolute atomic E-state index is 0.435. The third-order valence-corrected chi connectivity index (χ3v) is 5.38. The van der Waals surface area contributed by atoms with E-state index >= 15 is 0 Å². The van der Waals surface area contributed by atoms with Gasteiger partial charge in [-0.25, -0.2) is 15.0 Å². The van der Waals surface area contributed by atoms with E-state index in [9.17, 15) is 0 Å². The number of nitriles is 1. The number of pyridine rings is 2. The van der Waals surface area contributed by atoms with Crippen molar-refractivity contribution >= 4 is 22.1 Å². The average Bonchev–Trinajstić information content (AvgIpc) is 3.35. The van der Waals surface area contributed by atoms with Crippen molar-refractivity contribution in [2.45, 2.75) is 25.4 Å². The minimum Gasteiger partial charge on any atom is -0.346 e. The number of aromatic amines is 1. The van der Waals surface area contributed by atoms with Crippen LogP contribution in [0.1, 0.15) is 30.3 Å². The normalized spacial score (nSPS) is 16.1. The summed E-state index contributed by atoms with van der Waals surface area (Å²) in [7, 11) is 0. The van der Waals surface area contributed by atoms with Gasteiger partial charge in [0.05, 0.1) is 23.7 Å². The molecule has 1 saturated heterocycles. The first-order chi connectivity index (χ1) is 13.3. The molecule has 5 heterocycles. The van der Waals surface area contributed by atoms with Crippen LogP contribution >= 0.6 is 0 Å². The maximum absolute atomic E-state index is 9.01. The summed E-state index contributed by atoms with van der Waals surface area (Å²) in [6.45, 7) is 2.80. The first-order valence-corrected chi connectivity index (χ1v) is 9.19. The van der Waals surface area contributed by atoms with Crippen LogP contribution in [0.25, 0.3) is 22.1 Å². The average molecular weight is 357 g/mol. The van der Waals surface area contributed by atoms with Gasteiger partial charge in [0.25, 0.3) is 0 Å². The Labute approximate surface area is 156 Å². The van der Waals surface area contributed by atoms with Crippen molar-refractivity contribution in [3.8, 4) is 6.07 Å². The number of likely N-dealkylation sites (tertiary alicyclic amines) is 1. The van der Waals surface area contributed by atoms with E-state index in [1.165, 1.54) is 5.52 Å². The Hall–Kier alpha value is -3.24. The lowest BCUT2D eigenvalue weighted by Gasteiger charge is -2.32. The first kappa shape index (κ1) is 16.0. The van der Waals surface area contributed by atoms with Crippen LogP contribution in [0, 0.1) is 11.3 Å². The third kappa shape index (κ3) is 2.84. The van der Waals surface area contributed by atoms with Gasteiger partial charge in [-0.05, 0) is 31.0 Å². The fourth-order valence-corrected chi connectivity index (χ4v) is 4.02. The first-order valence-electron chi connectivity index (χ1n) is 9.19. The molecule has 0 amide bonds. The fourth-order valence-electron chi connectivity index (χ4n) is 4.02. The maximum atomic E-state index is 9.01. The zero-order valence-corrected chi connectivity index (χ0v) is 14.8. The van der Waals surface area contributed by atoms with Crippen molar-refractivity contribution in [3.05, 3.63) is 54.4 Å². The van der Waals surface area contributed by atoms with Crippen LogP contribution in [-0.2, 0) is 6.54 Å². The summed E-state index contributed by atoms with van der Waals surface area (Å²) in [6, 6.07) is 10.3. The van der Waals surface area contributed by atoms with Crippen LogP contribution in [-0.4, -0.2) is 42.5 Å². The molecule has 1 fully saturated rings. The Bertz CT molecular complexity index is 1140. The second-order valence-electron chi connectivity index (χ2n) is 7.02. The molecule has 0 unspecified atom stereocenters. The van der Waals surface area contributed by atoms with Crippen molar-refractivity contribution in [1.29, 1.82) is 5.26 Å². The molecular weight excluding hydrogens is 338 g/mol. The highest BCUT2D eigenvalue weighted by atomic mass is 15.2. The molecule has 0 spiro atoms. The molecule has 4 aromatic rings. The molecule has 1 aliphatic rings. The summed E-state index contributed by atoms with van der Waals surface area (Å²) in [6.07, 6.45) is 7.86. The van der Waals surface area contributed by atoms with E-state index in [4.69, 9.17) is 5.26 Å². The van der Waals surface area contributed by atoms with Crippen LogP contribution in [0.5, 0.6) is 0 Å². The summed E-state index contributed by atoms with van der Waals surface area (Å²) in [5.41, 5.74) is 4.47. The molecule has 1 N–H and O–H groups in total. The van der Waals surface area contributed by atoms with Crippen molar-refractivity contribution in [2.75, 3.05) is 13.1 Å². The standard InChI is InChI=1S/C20H19N7/c21-10-14-2-1-3-15(25-14)12-26-8-5-16(6-9-26)27-13-24-18-11-23-20-17(19(18)27)4-7-22-20/h1-4,7,11,13,16H,5-6,8-9,12H2,(H,22,23). The predicted octanol–water partition coefficient (Wildman–Crippen LogP) is 3.02. The predicted molar refractivity (Wildman–Crippen MR) is 102 cm³/mol. The van der Waals surface area contributed by atoms with Crippen molar-refractivity contribution in [1.82, 2.24) is 29.4 Å². The summed E-state index contributed by atoms with van der Waals surface area (Å²) in [4.78, 5) is 19.0. The number of imidazole rings is 1. The monoisotopic (exact) mass is 357 g/mol. The molecule has 1 aliphatic heterocycles. The Balaban J connectivity index is 1.34. The van der Waals surface area contributed by atoms with Gasteiger partial charge in [0.2, 0.25) is 0 Å². The lowest BCUT2D eigenvalue weighted by atomic mass is 10.0. The van der Waals surface area contributed by atoms with E-state index in [0.717, 1.165) is 54.7 Å². The van der Waals surface area contributed by atoms with Crippen LogP contribution in [0.4, 0.5) is 0 Å². The van der Waals surface area contributed by atoms with Crippen molar-refractivity contribution in [3.63, 3.8) is 0 Å². The van der Waals surface area contributed by atoms with E-state index in [1.807, 2.05) is 30.9 Å². The lowest BCUT2D eigenvalue weighted by Crippen LogP contribution is -2.34. The molecule has 7 heteroatoms. The summed E-state index contributed by atoms with van der Waals surface area (Å²) >= 11 is 0. The number of fused-ring (bicyclic) bond motifs is 3. The minimum atomic E-state index is 0.435. The number of hydrogen-bond acceptors (Lipinski definition) is 5.